The van der Waals surface area contributed by atoms with Crippen LogP contribution in [0.15, 0.2) is 36.7 Å². The number of nitrogens with zero attached hydrogens (tertiary/aromatic N) is 2. The van der Waals surface area contributed by atoms with Crippen molar-refractivity contribution in [3.8, 4) is 5.75 Å². The largest absolute Gasteiger partial charge is 0.491 e. The predicted octanol–water partition coefficient (Wildman–Crippen LogP) is 5.79. The Labute approximate surface area is 230 Å². The molecule has 1 saturated carbocycles. The molecular weight excluding hydrogens is 550 g/mol. The molecule has 2 atom stereocenters. The van der Waals surface area contributed by atoms with E-state index in [1.54, 1.807) is 26.0 Å². The molecule has 1 saturated heterocycles. The summed E-state index contributed by atoms with van der Waals surface area (Å²) in [5.41, 5.74) is 1.39. The molecule has 2 fully saturated rings. The third kappa shape index (κ3) is 6.18. The molecule has 10 nitrogen and oxygen atoms in total. The van der Waals surface area contributed by atoms with Gasteiger partial charge in [-0.3, -0.25) is 9.36 Å². The van der Waals surface area contributed by atoms with Crippen LogP contribution in [-0.4, -0.2) is 55.1 Å². The molecular formula is C26H29ClFN4O6P. The lowest BCUT2D eigenvalue weighted by atomic mass is 10.1. The van der Waals surface area contributed by atoms with E-state index < -0.39 is 25.5 Å². The maximum Gasteiger partial charge on any atom is 0.340 e. The van der Waals surface area contributed by atoms with Gasteiger partial charge >= 0.3 is 7.60 Å². The zero-order valence-electron chi connectivity index (χ0n) is 21.5. The van der Waals surface area contributed by atoms with Crippen molar-refractivity contribution < 1.29 is 32.3 Å². The molecule has 208 valence electrons. The van der Waals surface area contributed by atoms with Gasteiger partial charge in [-0.05, 0) is 50.5 Å². The Kier molecular flexibility index (Phi) is 8.07. The summed E-state index contributed by atoms with van der Waals surface area (Å²) in [4.78, 5) is 21.7. The maximum atomic E-state index is 13.7. The molecule has 39 heavy (non-hydrogen) atoms. The van der Waals surface area contributed by atoms with Gasteiger partial charge < -0.3 is 29.2 Å². The number of fused-ring (bicyclic) bond motifs is 2. The molecule has 0 bridgehead atoms. The number of carbonyl (C=O) groups is 1. The summed E-state index contributed by atoms with van der Waals surface area (Å²) in [5.74, 6) is 0.180. The summed E-state index contributed by atoms with van der Waals surface area (Å²) in [6.07, 6.45) is 1.96. The fourth-order valence-corrected chi connectivity index (χ4v) is 6.34. The molecule has 0 spiro atoms. The van der Waals surface area contributed by atoms with Crippen molar-refractivity contribution in [1.82, 2.24) is 9.97 Å². The van der Waals surface area contributed by atoms with Crippen molar-refractivity contribution in [2.24, 2.45) is 11.3 Å². The molecule has 2 aliphatic rings. The van der Waals surface area contributed by atoms with Crippen LogP contribution in [0.1, 0.15) is 20.3 Å². The minimum absolute atomic E-state index is 0.0177. The quantitative estimate of drug-likeness (QED) is 0.257. The van der Waals surface area contributed by atoms with Crippen molar-refractivity contribution in [3.63, 3.8) is 0 Å². The standard InChI is InChI=1S/C26H29ClFN4O6P/c1-3-37-39(34,38-4-2)12-24(33)32-22-8-18-21(9-23(22)36-14-26-10-16(26)11-35-13-26)29-15-30-25(18)31-17-5-6-20(28)19(27)7-17/h5-9,15-16H,3-4,10-14H2,1-2H3,(H,32,33)(H,29,30,31)/t16-,26+/m1/s1. The number of aromatic nitrogens is 2. The van der Waals surface area contributed by atoms with Gasteiger partial charge in [-0.15, -0.1) is 0 Å². The average Bonchev–Trinajstić information content (AvgIpc) is 3.43. The molecule has 1 aliphatic heterocycles. The fourth-order valence-electron chi connectivity index (χ4n) is 4.69. The predicted molar refractivity (Wildman–Crippen MR) is 145 cm³/mol. The summed E-state index contributed by atoms with van der Waals surface area (Å²) < 4.78 is 49.0. The van der Waals surface area contributed by atoms with Crippen LogP contribution in [0.2, 0.25) is 5.02 Å². The van der Waals surface area contributed by atoms with Crippen molar-refractivity contribution in [2.45, 2.75) is 20.3 Å². The van der Waals surface area contributed by atoms with E-state index in [9.17, 15) is 13.8 Å². The van der Waals surface area contributed by atoms with Gasteiger partial charge in [0.15, 0.2) is 0 Å². The zero-order valence-corrected chi connectivity index (χ0v) is 23.2. The fraction of sp³-hybridized carbons (Fsp3) is 0.423. The summed E-state index contributed by atoms with van der Waals surface area (Å²) in [7, 11) is -3.63. The highest BCUT2D eigenvalue weighted by Crippen LogP contribution is 2.57. The van der Waals surface area contributed by atoms with E-state index in [2.05, 4.69) is 20.6 Å². The number of carbonyl (C=O) groups excluding carboxylic acids is 1. The highest BCUT2D eigenvalue weighted by molar-refractivity contribution is 7.54. The topological polar surface area (TPSA) is 121 Å². The van der Waals surface area contributed by atoms with Gasteiger partial charge in [0.2, 0.25) is 5.91 Å². The van der Waals surface area contributed by atoms with Crippen LogP contribution in [-0.2, 0) is 23.1 Å². The van der Waals surface area contributed by atoms with Gasteiger partial charge in [0.25, 0.3) is 0 Å². The third-order valence-corrected chi connectivity index (χ3v) is 9.03. The Morgan fingerprint density at radius 3 is 2.69 bits per heavy atom. The van der Waals surface area contributed by atoms with Gasteiger partial charge in [0.05, 0.1) is 49.3 Å². The van der Waals surface area contributed by atoms with Crippen LogP contribution in [0.4, 0.5) is 21.6 Å². The van der Waals surface area contributed by atoms with E-state index in [0.29, 0.717) is 53.0 Å². The molecule has 3 aromatic rings. The van der Waals surface area contributed by atoms with Crippen LogP contribution >= 0.6 is 19.2 Å². The minimum Gasteiger partial charge on any atom is -0.491 e. The van der Waals surface area contributed by atoms with E-state index in [0.717, 1.165) is 13.0 Å². The van der Waals surface area contributed by atoms with Gasteiger partial charge in [0, 0.05) is 22.6 Å². The summed E-state index contributed by atoms with van der Waals surface area (Å²) in [6, 6.07) is 7.61. The monoisotopic (exact) mass is 578 g/mol. The van der Waals surface area contributed by atoms with Crippen LogP contribution in [0.5, 0.6) is 5.75 Å². The molecule has 1 aromatic heterocycles. The second-order valence-electron chi connectivity index (χ2n) is 9.56. The molecule has 13 heteroatoms. The Morgan fingerprint density at radius 2 is 2.03 bits per heavy atom. The van der Waals surface area contributed by atoms with E-state index in [1.165, 1.54) is 24.5 Å². The maximum absolute atomic E-state index is 13.7. The zero-order chi connectivity index (χ0) is 27.6. The SMILES string of the molecule is CCOP(=O)(CC(=O)Nc1cc2c(Nc3ccc(F)c(Cl)c3)ncnc2cc1OC[C@]12COC[C@H]1C2)OCC. The van der Waals surface area contributed by atoms with E-state index >= 15 is 0 Å². The molecule has 1 aliphatic carbocycles. The van der Waals surface area contributed by atoms with E-state index in [4.69, 9.17) is 30.1 Å². The third-order valence-electron chi connectivity index (χ3n) is 6.76. The molecule has 2 N–H and O–H groups in total. The highest BCUT2D eigenvalue weighted by Gasteiger charge is 2.59. The van der Waals surface area contributed by atoms with E-state index in [-0.39, 0.29) is 23.7 Å². The first kappa shape index (κ1) is 27.7. The highest BCUT2D eigenvalue weighted by atomic mass is 35.5. The molecule has 1 amide bonds. The van der Waals surface area contributed by atoms with Crippen LogP contribution < -0.4 is 15.4 Å². The van der Waals surface area contributed by atoms with Crippen LogP contribution in [0, 0.1) is 17.2 Å². The van der Waals surface area contributed by atoms with Crippen LogP contribution in [0.25, 0.3) is 10.9 Å². The Balaban J connectivity index is 1.46. The number of nitrogens with one attached hydrogen (secondary N) is 2. The van der Waals surface area contributed by atoms with Gasteiger partial charge in [-0.2, -0.15) is 0 Å². The lowest BCUT2D eigenvalue weighted by Gasteiger charge is -2.19. The minimum atomic E-state index is -3.63. The number of benzene rings is 2. The smallest absolute Gasteiger partial charge is 0.340 e. The van der Waals surface area contributed by atoms with Gasteiger partial charge in [0.1, 0.15) is 29.9 Å². The summed E-state index contributed by atoms with van der Waals surface area (Å²) >= 11 is 5.94. The van der Waals surface area contributed by atoms with E-state index in [1.807, 2.05) is 0 Å². The number of ether oxygens (including phenoxy) is 2. The Morgan fingerprint density at radius 1 is 1.23 bits per heavy atom. The number of hydrogen-bond donors (Lipinski definition) is 2. The Bertz CT molecular complexity index is 1440. The number of halogens is 2. The van der Waals surface area contributed by atoms with Crippen molar-refractivity contribution in [3.05, 3.63) is 47.5 Å². The van der Waals surface area contributed by atoms with Gasteiger partial charge in [-0.25, -0.2) is 14.4 Å². The number of rotatable bonds is 12. The molecule has 0 radical (unpaired) electrons. The lowest BCUT2D eigenvalue weighted by Crippen LogP contribution is -2.20. The van der Waals surface area contributed by atoms with Crippen molar-refractivity contribution in [2.75, 3.05) is 49.8 Å². The molecule has 2 aromatic carbocycles. The molecule has 5 rings (SSSR count). The molecule has 0 unspecified atom stereocenters. The first-order valence-corrected chi connectivity index (χ1v) is 14.7. The van der Waals surface area contributed by atoms with Gasteiger partial charge in [-0.1, -0.05) is 11.6 Å². The second kappa shape index (κ2) is 11.3. The van der Waals surface area contributed by atoms with Crippen LogP contribution in [0.3, 0.4) is 0 Å². The second-order valence-corrected chi connectivity index (χ2v) is 12.0. The summed E-state index contributed by atoms with van der Waals surface area (Å²) in [5, 5.41) is 6.44. The lowest BCUT2D eigenvalue weighted by molar-refractivity contribution is -0.114. The van der Waals surface area contributed by atoms with Crippen molar-refractivity contribution >= 4 is 53.2 Å². The number of hydrogen-bond acceptors (Lipinski definition) is 9. The first-order valence-electron chi connectivity index (χ1n) is 12.6. The average molecular weight is 579 g/mol. The normalized spacial score (nSPS) is 20.1. The number of amides is 1. The Hall–Kier alpha value is -2.82. The number of anilines is 3. The molecule has 2 heterocycles. The summed E-state index contributed by atoms with van der Waals surface area (Å²) in [6.45, 7) is 5.42. The first-order chi connectivity index (χ1) is 18.7. The van der Waals surface area contributed by atoms with Crippen molar-refractivity contribution in [1.29, 1.82) is 0 Å².